The Morgan fingerprint density at radius 1 is 1.12 bits per heavy atom. The number of rotatable bonds is 6. The van der Waals surface area contributed by atoms with Crippen molar-refractivity contribution in [2.24, 2.45) is 0 Å². The van der Waals surface area contributed by atoms with E-state index < -0.39 is 0 Å². The van der Waals surface area contributed by atoms with Crippen LogP contribution in [0.4, 0.5) is 0 Å². The summed E-state index contributed by atoms with van der Waals surface area (Å²) in [7, 11) is 0. The number of aromatic amines is 1. The van der Waals surface area contributed by atoms with Crippen LogP contribution in [0, 0.1) is 0 Å². The number of para-hydroxylation sites is 1. The molecule has 0 amide bonds. The molecule has 0 saturated carbocycles. The van der Waals surface area contributed by atoms with Crippen molar-refractivity contribution in [1.82, 2.24) is 9.88 Å². The highest BCUT2D eigenvalue weighted by Gasteiger charge is 2.13. The quantitative estimate of drug-likeness (QED) is 0.539. The smallest absolute Gasteiger partial charge is 0.0457 e. The summed E-state index contributed by atoms with van der Waals surface area (Å²) in [6.45, 7) is 3.31. The van der Waals surface area contributed by atoms with Gasteiger partial charge in [-0.2, -0.15) is 11.8 Å². The highest BCUT2D eigenvalue weighted by molar-refractivity contribution is 7.98. The van der Waals surface area contributed by atoms with Gasteiger partial charge in [-0.3, -0.25) is 4.90 Å². The second kappa shape index (κ2) is 8.34. The average Bonchev–Trinajstić information content (AvgIpc) is 3.09. The highest BCUT2D eigenvalue weighted by Crippen LogP contribution is 2.25. The van der Waals surface area contributed by atoms with Crippen LogP contribution in [0.3, 0.4) is 0 Å². The minimum atomic E-state index is 0.819. The Labute approximate surface area is 164 Å². The third-order valence-corrected chi connectivity index (χ3v) is 6.19. The molecule has 26 heavy (non-hydrogen) atoms. The number of fused-ring (bicyclic) bond motifs is 1. The fraction of sp³-hybridized carbons (Fsp3) is 0.273. The van der Waals surface area contributed by atoms with E-state index in [2.05, 4.69) is 58.6 Å². The monoisotopic (exact) mass is 382 g/mol. The molecule has 3 aromatic rings. The summed E-state index contributed by atoms with van der Waals surface area (Å²) in [5, 5.41) is 2.17. The second-order valence-electron chi connectivity index (χ2n) is 6.70. The first-order chi connectivity index (χ1) is 12.8. The first-order valence-electron chi connectivity index (χ1n) is 9.10. The van der Waals surface area contributed by atoms with Crippen LogP contribution in [0.5, 0.6) is 0 Å². The molecule has 4 heteroatoms. The third-order valence-electron chi connectivity index (χ3n) is 4.97. The number of benzene rings is 2. The Hall–Kier alpha value is -1.68. The summed E-state index contributed by atoms with van der Waals surface area (Å²) in [6, 6.07) is 16.7. The van der Waals surface area contributed by atoms with E-state index >= 15 is 0 Å². The number of thioether (sulfide) groups is 1. The summed E-state index contributed by atoms with van der Waals surface area (Å²) >= 11 is 8.13. The van der Waals surface area contributed by atoms with Crippen LogP contribution in [-0.4, -0.2) is 35.3 Å². The van der Waals surface area contributed by atoms with Crippen molar-refractivity contribution in [3.05, 3.63) is 77.0 Å². The van der Waals surface area contributed by atoms with Crippen molar-refractivity contribution in [1.29, 1.82) is 0 Å². The number of nitrogens with one attached hydrogen (secondary N) is 1. The van der Waals surface area contributed by atoms with Gasteiger partial charge in [-0.15, -0.1) is 0 Å². The van der Waals surface area contributed by atoms with Gasteiger partial charge >= 0.3 is 0 Å². The molecule has 134 valence electrons. The lowest BCUT2D eigenvalue weighted by Gasteiger charge is -2.26. The third kappa shape index (κ3) is 4.17. The van der Waals surface area contributed by atoms with Gasteiger partial charge in [-0.1, -0.05) is 48.0 Å². The molecule has 2 aromatic carbocycles. The van der Waals surface area contributed by atoms with Crippen molar-refractivity contribution in [2.75, 3.05) is 25.4 Å². The van der Waals surface area contributed by atoms with E-state index in [1.807, 2.05) is 23.9 Å². The van der Waals surface area contributed by atoms with Gasteiger partial charge in [0.15, 0.2) is 0 Å². The average molecular weight is 383 g/mol. The topological polar surface area (TPSA) is 19.0 Å². The van der Waals surface area contributed by atoms with Gasteiger partial charge in [0.2, 0.25) is 0 Å². The molecule has 0 bridgehead atoms. The van der Waals surface area contributed by atoms with E-state index in [1.54, 1.807) is 0 Å². The minimum absolute atomic E-state index is 0.819. The van der Waals surface area contributed by atoms with E-state index in [4.69, 9.17) is 11.6 Å². The summed E-state index contributed by atoms with van der Waals surface area (Å²) in [5.74, 6) is 2.24. The molecule has 0 saturated heterocycles. The van der Waals surface area contributed by atoms with Crippen LogP contribution in [0.25, 0.3) is 16.5 Å². The summed E-state index contributed by atoms with van der Waals surface area (Å²) in [5.41, 5.74) is 5.34. The number of aromatic nitrogens is 1. The maximum Gasteiger partial charge on any atom is 0.0457 e. The van der Waals surface area contributed by atoms with Crippen molar-refractivity contribution in [3.63, 3.8) is 0 Å². The van der Waals surface area contributed by atoms with Gasteiger partial charge in [-0.25, -0.2) is 0 Å². The Morgan fingerprint density at radius 3 is 2.88 bits per heavy atom. The molecule has 0 aliphatic carbocycles. The normalized spacial score (nSPS) is 15.3. The first-order valence-corrected chi connectivity index (χ1v) is 10.6. The van der Waals surface area contributed by atoms with Crippen molar-refractivity contribution in [2.45, 2.75) is 12.2 Å². The van der Waals surface area contributed by atoms with E-state index in [-0.39, 0.29) is 0 Å². The van der Waals surface area contributed by atoms with Crippen LogP contribution in [-0.2, 0) is 5.75 Å². The number of H-pyrrole nitrogens is 1. The largest absolute Gasteiger partial charge is 0.361 e. The van der Waals surface area contributed by atoms with Crippen molar-refractivity contribution >= 4 is 39.8 Å². The number of halogens is 1. The summed E-state index contributed by atoms with van der Waals surface area (Å²) in [6.07, 6.45) is 5.62. The lowest BCUT2D eigenvalue weighted by Crippen LogP contribution is -2.30. The molecular weight excluding hydrogens is 360 g/mol. The minimum Gasteiger partial charge on any atom is -0.361 e. The lowest BCUT2D eigenvalue weighted by molar-refractivity contribution is 0.321. The molecule has 1 aromatic heterocycles. The maximum atomic E-state index is 6.11. The van der Waals surface area contributed by atoms with Crippen LogP contribution in [0.15, 0.2) is 60.8 Å². The SMILES string of the molecule is Clc1cccc(C2=CCN(CCSCc3c[nH]c4ccccc34)CC2)c1. The molecule has 0 fully saturated rings. The fourth-order valence-electron chi connectivity index (χ4n) is 3.49. The number of hydrogen-bond donors (Lipinski definition) is 1. The zero-order valence-electron chi connectivity index (χ0n) is 14.7. The Balaban J connectivity index is 1.25. The van der Waals surface area contributed by atoms with Crippen molar-refractivity contribution in [3.8, 4) is 0 Å². The lowest BCUT2D eigenvalue weighted by atomic mass is 10.00. The Bertz CT molecular complexity index is 915. The first kappa shape index (κ1) is 17.7. The van der Waals surface area contributed by atoms with Gasteiger partial charge < -0.3 is 4.98 Å². The predicted octanol–water partition coefficient (Wildman–Crippen LogP) is 5.84. The summed E-state index contributed by atoms with van der Waals surface area (Å²) < 4.78 is 0. The van der Waals surface area contributed by atoms with Gasteiger partial charge in [-0.05, 0) is 41.3 Å². The van der Waals surface area contributed by atoms with Crippen LogP contribution >= 0.6 is 23.4 Å². The molecule has 2 heterocycles. The second-order valence-corrected chi connectivity index (χ2v) is 8.24. The Kier molecular flexibility index (Phi) is 5.68. The molecule has 1 N–H and O–H groups in total. The van der Waals surface area contributed by atoms with Crippen LogP contribution in [0.2, 0.25) is 5.02 Å². The van der Waals surface area contributed by atoms with Crippen LogP contribution < -0.4 is 0 Å². The zero-order valence-corrected chi connectivity index (χ0v) is 16.3. The highest BCUT2D eigenvalue weighted by atomic mass is 35.5. The van der Waals surface area contributed by atoms with E-state index in [9.17, 15) is 0 Å². The maximum absolute atomic E-state index is 6.11. The molecular formula is C22H23ClN2S. The molecule has 0 unspecified atom stereocenters. The van der Waals surface area contributed by atoms with Crippen molar-refractivity contribution < 1.29 is 0 Å². The van der Waals surface area contributed by atoms with Gasteiger partial charge in [0, 0.05) is 53.3 Å². The molecule has 1 aliphatic heterocycles. The summed E-state index contributed by atoms with van der Waals surface area (Å²) in [4.78, 5) is 5.90. The molecule has 2 nitrogen and oxygen atoms in total. The Morgan fingerprint density at radius 2 is 2.04 bits per heavy atom. The van der Waals surface area contributed by atoms with E-state index in [0.29, 0.717) is 0 Å². The standard InChI is InChI=1S/C22H23ClN2S/c23-20-5-3-4-18(14-20)17-8-10-25(11-9-17)12-13-26-16-19-15-24-22-7-2-1-6-21(19)22/h1-8,14-15,24H,9-13,16H2. The molecule has 0 radical (unpaired) electrons. The van der Waals surface area contributed by atoms with Crippen LogP contribution in [0.1, 0.15) is 17.5 Å². The fourth-order valence-corrected chi connectivity index (χ4v) is 4.67. The predicted molar refractivity (Wildman–Crippen MR) is 115 cm³/mol. The molecule has 4 rings (SSSR count). The zero-order chi connectivity index (χ0) is 17.8. The molecule has 0 atom stereocenters. The van der Waals surface area contributed by atoms with Gasteiger partial charge in [0.25, 0.3) is 0 Å². The van der Waals surface area contributed by atoms with Gasteiger partial charge in [0.1, 0.15) is 0 Å². The number of nitrogens with zero attached hydrogens (tertiary/aromatic N) is 1. The van der Waals surface area contributed by atoms with E-state index in [1.165, 1.54) is 33.4 Å². The van der Waals surface area contributed by atoms with Gasteiger partial charge in [0.05, 0.1) is 0 Å². The molecule has 0 spiro atoms. The van der Waals surface area contributed by atoms with E-state index in [0.717, 1.165) is 36.8 Å². The number of hydrogen-bond acceptors (Lipinski definition) is 2. The molecule has 1 aliphatic rings.